The Kier molecular flexibility index (Phi) is 6.30. The van der Waals surface area contributed by atoms with E-state index >= 15 is 0 Å². The molecule has 0 aliphatic rings. The van der Waals surface area contributed by atoms with Gasteiger partial charge in [-0.25, -0.2) is 29.5 Å². The molecule has 0 spiro atoms. The normalized spacial score (nSPS) is 13.0. The second-order valence-corrected chi connectivity index (χ2v) is 9.78. The molecule has 8 heteroatoms. The molecule has 6 rings (SSSR count). The van der Waals surface area contributed by atoms with E-state index in [9.17, 15) is 9.59 Å². The van der Waals surface area contributed by atoms with E-state index < -0.39 is 11.9 Å². The highest BCUT2D eigenvalue weighted by Gasteiger charge is 2.23. The number of ether oxygens (including phenoxy) is 2. The molecular formula is C32H26N4O4. The maximum Gasteiger partial charge on any atom is 0.340 e. The molecule has 0 aliphatic heterocycles. The van der Waals surface area contributed by atoms with E-state index in [1.807, 2.05) is 36.4 Å². The number of esters is 2. The summed E-state index contributed by atoms with van der Waals surface area (Å²) in [4.78, 5) is 44.2. The molecule has 0 bridgehead atoms. The van der Waals surface area contributed by atoms with Crippen LogP contribution in [0.1, 0.15) is 57.5 Å². The van der Waals surface area contributed by atoms with Gasteiger partial charge in [0.2, 0.25) is 0 Å². The van der Waals surface area contributed by atoms with Gasteiger partial charge in [0.1, 0.15) is 11.0 Å². The summed E-state index contributed by atoms with van der Waals surface area (Å²) in [6.07, 6.45) is 0. The number of fused-ring (bicyclic) bond motifs is 4. The Hall–Kier alpha value is -4.98. The molecule has 0 N–H and O–H groups in total. The minimum absolute atomic E-state index is 0.0451. The van der Waals surface area contributed by atoms with E-state index in [1.54, 1.807) is 24.3 Å². The molecular weight excluding hydrogens is 504 g/mol. The number of methoxy groups -OCH3 is 2. The molecule has 2 atom stereocenters. The fraction of sp³-hybridized carbons (Fsp3) is 0.188. The number of benzene rings is 4. The fourth-order valence-corrected chi connectivity index (χ4v) is 5.30. The van der Waals surface area contributed by atoms with Gasteiger partial charge in [0.15, 0.2) is 0 Å². The Bertz CT molecular complexity index is 1830. The monoisotopic (exact) mass is 530 g/mol. The van der Waals surface area contributed by atoms with Crippen LogP contribution in [0.5, 0.6) is 0 Å². The summed E-state index contributed by atoms with van der Waals surface area (Å²) in [5, 5.41) is 0. The van der Waals surface area contributed by atoms with E-state index in [4.69, 9.17) is 29.4 Å². The average Bonchev–Trinajstić information content (AvgIpc) is 3.00. The standard InChI is InChI=1S/C32H26N4O4/c1-17(19-9-5-13-23-27(19)33-25-15-7-11-21(29(25)35-23)31(37)39-3)18(2)20-10-6-14-24-28(20)34-26-16-8-12-22(30(26)36-24)32(38)40-4/h5-18H,1-4H3/t17-,18-/m1/s1. The van der Waals surface area contributed by atoms with Crippen molar-refractivity contribution in [3.05, 3.63) is 95.1 Å². The van der Waals surface area contributed by atoms with Crippen molar-refractivity contribution in [1.29, 1.82) is 0 Å². The van der Waals surface area contributed by atoms with Crippen LogP contribution in [0.15, 0.2) is 72.8 Å². The number of hydrogen-bond donors (Lipinski definition) is 0. The lowest BCUT2D eigenvalue weighted by Gasteiger charge is -2.23. The lowest BCUT2D eigenvalue weighted by molar-refractivity contribution is 0.0594. The zero-order chi connectivity index (χ0) is 28.0. The number of carbonyl (C=O) groups excluding carboxylic acids is 2. The van der Waals surface area contributed by atoms with E-state index in [2.05, 4.69) is 26.0 Å². The van der Waals surface area contributed by atoms with Crippen molar-refractivity contribution in [2.75, 3.05) is 14.2 Å². The second kappa shape index (κ2) is 9.96. The van der Waals surface area contributed by atoms with Crippen LogP contribution in [0.2, 0.25) is 0 Å². The van der Waals surface area contributed by atoms with Crippen LogP contribution in [-0.2, 0) is 9.47 Å². The molecule has 6 aromatic rings. The summed E-state index contributed by atoms with van der Waals surface area (Å²) < 4.78 is 9.89. The molecule has 198 valence electrons. The minimum Gasteiger partial charge on any atom is -0.465 e. The van der Waals surface area contributed by atoms with Crippen LogP contribution in [0.4, 0.5) is 0 Å². The Morgan fingerprint density at radius 1 is 0.525 bits per heavy atom. The summed E-state index contributed by atoms with van der Waals surface area (Å²) in [5.41, 5.74) is 8.15. The summed E-state index contributed by atoms with van der Waals surface area (Å²) in [6.45, 7) is 4.33. The maximum atomic E-state index is 12.3. The Morgan fingerprint density at radius 3 is 1.23 bits per heavy atom. The predicted octanol–water partition coefficient (Wildman–Crippen LogP) is 6.36. The third-order valence-corrected chi connectivity index (χ3v) is 7.59. The smallest absolute Gasteiger partial charge is 0.340 e. The van der Waals surface area contributed by atoms with Gasteiger partial charge in [-0.3, -0.25) is 0 Å². The highest BCUT2D eigenvalue weighted by atomic mass is 16.5. The maximum absolute atomic E-state index is 12.3. The SMILES string of the molecule is COC(=O)c1cccc2nc3c([C@H](C)[C@@H](C)c4cccc5nc6c(C(=O)OC)cccc6nc45)cccc3nc12. The first-order chi connectivity index (χ1) is 19.4. The molecule has 0 saturated heterocycles. The van der Waals surface area contributed by atoms with Gasteiger partial charge in [0.05, 0.1) is 58.4 Å². The average molecular weight is 531 g/mol. The highest BCUT2D eigenvalue weighted by molar-refractivity contribution is 6.04. The van der Waals surface area contributed by atoms with E-state index in [0.717, 1.165) is 22.2 Å². The number of nitrogens with zero attached hydrogens (tertiary/aromatic N) is 4. The van der Waals surface area contributed by atoms with Crippen molar-refractivity contribution < 1.29 is 19.1 Å². The molecule has 2 heterocycles. The largest absolute Gasteiger partial charge is 0.465 e. The number of rotatable bonds is 5. The minimum atomic E-state index is -0.444. The zero-order valence-corrected chi connectivity index (χ0v) is 22.5. The predicted molar refractivity (Wildman–Crippen MR) is 154 cm³/mol. The van der Waals surface area contributed by atoms with Crippen LogP contribution >= 0.6 is 0 Å². The Labute approximate surface area is 230 Å². The van der Waals surface area contributed by atoms with Gasteiger partial charge in [-0.05, 0) is 59.4 Å². The molecule has 0 radical (unpaired) electrons. The summed E-state index contributed by atoms with van der Waals surface area (Å²) in [6, 6.07) is 22.6. The van der Waals surface area contributed by atoms with Crippen molar-refractivity contribution in [3.8, 4) is 0 Å². The first kappa shape index (κ1) is 25.3. The highest BCUT2D eigenvalue weighted by Crippen LogP contribution is 2.38. The Balaban J connectivity index is 1.47. The molecule has 0 amide bonds. The van der Waals surface area contributed by atoms with Gasteiger partial charge in [0.25, 0.3) is 0 Å². The van der Waals surface area contributed by atoms with Crippen molar-refractivity contribution >= 4 is 56.1 Å². The summed E-state index contributed by atoms with van der Waals surface area (Å²) in [7, 11) is 2.71. The van der Waals surface area contributed by atoms with E-state index in [1.165, 1.54) is 14.2 Å². The number of carbonyl (C=O) groups is 2. The number of hydrogen-bond acceptors (Lipinski definition) is 8. The second-order valence-electron chi connectivity index (χ2n) is 9.78. The van der Waals surface area contributed by atoms with Crippen LogP contribution in [0.3, 0.4) is 0 Å². The number of aromatic nitrogens is 4. The first-order valence-corrected chi connectivity index (χ1v) is 13.0. The van der Waals surface area contributed by atoms with E-state index in [0.29, 0.717) is 44.2 Å². The first-order valence-electron chi connectivity index (χ1n) is 13.0. The lowest BCUT2D eigenvalue weighted by atomic mass is 9.83. The van der Waals surface area contributed by atoms with Gasteiger partial charge in [0, 0.05) is 0 Å². The van der Waals surface area contributed by atoms with Crippen molar-refractivity contribution in [3.63, 3.8) is 0 Å². The molecule has 0 saturated carbocycles. The van der Waals surface area contributed by atoms with E-state index in [-0.39, 0.29) is 11.8 Å². The molecule has 0 unspecified atom stereocenters. The van der Waals surface area contributed by atoms with Gasteiger partial charge in [-0.2, -0.15) is 0 Å². The molecule has 4 aromatic carbocycles. The molecule has 40 heavy (non-hydrogen) atoms. The summed E-state index contributed by atoms with van der Waals surface area (Å²) in [5.74, 6) is -0.797. The molecule has 8 nitrogen and oxygen atoms in total. The van der Waals surface area contributed by atoms with Crippen molar-refractivity contribution in [2.24, 2.45) is 0 Å². The topological polar surface area (TPSA) is 104 Å². The quantitative estimate of drug-likeness (QED) is 0.187. The molecule has 2 aromatic heterocycles. The van der Waals surface area contributed by atoms with Crippen LogP contribution in [-0.4, -0.2) is 46.1 Å². The summed E-state index contributed by atoms with van der Waals surface area (Å²) >= 11 is 0. The third-order valence-electron chi connectivity index (χ3n) is 7.59. The van der Waals surface area contributed by atoms with Gasteiger partial charge in [-0.1, -0.05) is 50.2 Å². The van der Waals surface area contributed by atoms with Gasteiger partial charge in [-0.15, -0.1) is 0 Å². The van der Waals surface area contributed by atoms with Crippen LogP contribution in [0.25, 0.3) is 44.1 Å². The van der Waals surface area contributed by atoms with Crippen molar-refractivity contribution in [2.45, 2.75) is 25.7 Å². The van der Waals surface area contributed by atoms with Gasteiger partial charge >= 0.3 is 11.9 Å². The zero-order valence-electron chi connectivity index (χ0n) is 22.5. The van der Waals surface area contributed by atoms with Crippen LogP contribution < -0.4 is 0 Å². The number of para-hydroxylation sites is 4. The lowest BCUT2D eigenvalue weighted by Crippen LogP contribution is -2.09. The fourth-order valence-electron chi connectivity index (χ4n) is 5.30. The Morgan fingerprint density at radius 2 is 0.850 bits per heavy atom. The molecule has 0 fully saturated rings. The molecule has 0 aliphatic carbocycles. The third kappa shape index (κ3) is 4.09. The van der Waals surface area contributed by atoms with Gasteiger partial charge < -0.3 is 9.47 Å². The van der Waals surface area contributed by atoms with Crippen LogP contribution in [0, 0.1) is 0 Å². The van der Waals surface area contributed by atoms with Crippen molar-refractivity contribution in [1.82, 2.24) is 19.9 Å².